The zero-order valence-corrected chi connectivity index (χ0v) is 17.6. The average molecular weight is 435 g/mol. The fourth-order valence-corrected chi connectivity index (χ4v) is 5.02. The number of carbonyl (C=O) groups excluding carboxylic acids is 1. The highest BCUT2D eigenvalue weighted by molar-refractivity contribution is 6.33. The first kappa shape index (κ1) is 20.0. The lowest BCUT2D eigenvalue weighted by Crippen LogP contribution is -2.69. The number of benzene rings is 2. The van der Waals surface area contributed by atoms with Gasteiger partial charge >= 0.3 is 6.03 Å². The summed E-state index contributed by atoms with van der Waals surface area (Å²) in [5.74, 6) is 0.187. The van der Waals surface area contributed by atoms with Crippen molar-refractivity contribution in [2.24, 2.45) is 0 Å². The van der Waals surface area contributed by atoms with Crippen molar-refractivity contribution in [3.8, 4) is 0 Å². The number of rotatable bonds is 4. The summed E-state index contributed by atoms with van der Waals surface area (Å²) < 4.78 is 0. The number of halogens is 1. The Morgan fingerprint density at radius 1 is 1.10 bits per heavy atom. The molecule has 158 valence electrons. The highest BCUT2D eigenvalue weighted by Gasteiger charge is 2.53. The number of likely N-dealkylation sites (tertiary alicyclic amines) is 1. The van der Waals surface area contributed by atoms with Gasteiger partial charge in [-0.2, -0.15) is 0 Å². The molecule has 0 aliphatic carbocycles. The van der Waals surface area contributed by atoms with Crippen LogP contribution in [0.2, 0.25) is 5.02 Å². The van der Waals surface area contributed by atoms with Gasteiger partial charge in [-0.25, -0.2) is 4.79 Å². The van der Waals surface area contributed by atoms with Gasteiger partial charge in [-0.15, -0.1) is 0 Å². The molecule has 7 heteroatoms. The number of nitrogens with one attached hydrogen (secondary N) is 1. The number of amides is 2. The average Bonchev–Trinajstić information content (AvgIpc) is 2.79. The third-order valence-electron chi connectivity index (χ3n) is 6.30. The number of urea groups is 1. The normalized spacial score (nSPS) is 22.3. The molecular formula is C24H23ClN4O2. The van der Waals surface area contributed by atoms with Crippen LogP contribution in [-0.4, -0.2) is 46.3 Å². The van der Waals surface area contributed by atoms with E-state index in [0.29, 0.717) is 23.8 Å². The van der Waals surface area contributed by atoms with Gasteiger partial charge in [0.25, 0.3) is 0 Å². The zero-order chi connectivity index (χ0) is 21.4. The Bertz CT molecular complexity index is 1090. The lowest BCUT2D eigenvalue weighted by Gasteiger charge is -2.59. The van der Waals surface area contributed by atoms with Gasteiger partial charge in [0.05, 0.1) is 17.3 Å². The Morgan fingerprint density at radius 2 is 1.84 bits per heavy atom. The fourth-order valence-electron chi connectivity index (χ4n) is 4.84. The van der Waals surface area contributed by atoms with Crippen LogP contribution in [0.5, 0.6) is 0 Å². The number of nitrogens with zero attached hydrogens (tertiary/aromatic N) is 3. The van der Waals surface area contributed by atoms with Crippen molar-refractivity contribution in [2.45, 2.75) is 24.5 Å². The molecule has 31 heavy (non-hydrogen) atoms. The van der Waals surface area contributed by atoms with Gasteiger partial charge < -0.3 is 10.4 Å². The van der Waals surface area contributed by atoms with Crippen LogP contribution in [0.3, 0.4) is 0 Å². The maximum Gasteiger partial charge on any atom is 0.326 e. The van der Waals surface area contributed by atoms with E-state index in [0.717, 1.165) is 16.8 Å². The van der Waals surface area contributed by atoms with Crippen LogP contribution >= 0.6 is 11.6 Å². The van der Waals surface area contributed by atoms with E-state index < -0.39 is 0 Å². The molecule has 0 bridgehead atoms. The maximum absolute atomic E-state index is 13.3. The van der Waals surface area contributed by atoms with Crippen molar-refractivity contribution in [3.05, 3.63) is 89.2 Å². The molecule has 2 aliphatic heterocycles. The van der Waals surface area contributed by atoms with Crippen LogP contribution in [0.15, 0.2) is 73.1 Å². The van der Waals surface area contributed by atoms with Crippen molar-refractivity contribution >= 4 is 29.0 Å². The zero-order valence-electron chi connectivity index (χ0n) is 16.9. The molecule has 5 rings (SSSR count). The number of pyridine rings is 1. The van der Waals surface area contributed by atoms with Gasteiger partial charge in [-0.3, -0.25) is 14.8 Å². The minimum atomic E-state index is -0.213. The summed E-state index contributed by atoms with van der Waals surface area (Å²) in [6, 6.07) is 19.1. The van der Waals surface area contributed by atoms with E-state index in [4.69, 9.17) is 11.6 Å². The first-order chi connectivity index (χ1) is 15.2. The van der Waals surface area contributed by atoms with E-state index in [-0.39, 0.29) is 30.6 Å². The summed E-state index contributed by atoms with van der Waals surface area (Å²) in [4.78, 5) is 21.4. The van der Waals surface area contributed by atoms with Gasteiger partial charge in [0.2, 0.25) is 0 Å². The summed E-state index contributed by atoms with van der Waals surface area (Å²) >= 11 is 6.25. The Kier molecular flexibility index (Phi) is 5.36. The second kappa shape index (κ2) is 8.30. The molecular weight excluding hydrogens is 412 g/mol. The monoisotopic (exact) mass is 434 g/mol. The van der Waals surface area contributed by atoms with E-state index in [9.17, 15) is 9.90 Å². The largest absolute Gasteiger partial charge is 0.395 e. The van der Waals surface area contributed by atoms with Crippen molar-refractivity contribution < 1.29 is 9.90 Å². The number of aliphatic hydroxyl groups excluding tert-OH is 1. The topological polar surface area (TPSA) is 68.7 Å². The van der Waals surface area contributed by atoms with Crippen LogP contribution < -0.4 is 10.2 Å². The first-order valence-electron chi connectivity index (χ1n) is 10.3. The van der Waals surface area contributed by atoms with Crippen molar-refractivity contribution in [1.29, 1.82) is 0 Å². The minimum absolute atomic E-state index is 0.0214. The van der Waals surface area contributed by atoms with E-state index in [2.05, 4.69) is 21.3 Å². The Balaban J connectivity index is 1.45. The quantitative estimate of drug-likeness (QED) is 0.648. The van der Waals surface area contributed by atoms with Crippen LogP contribution in [0.25, 0.3) is 0 Å². The van der Waals surface area contributed by atoms with Gasteiger partial charge in [-0.05, 0) is 41.5 Å². The molecule has 0 saturated carbocycles. The van der Waals surface area contributed by atoms with Gasteiger partial charge in [0.1, 0.15) is 0 Å². The highest BCUT2D eigenvalue weighted by Crippen LogP contribution is 2.48. The van der Waals surface area contributed by atoms with E-state index in [1.54, 1.807) is 29.4 Å². The summed E-state index contributed by atoms with van der Waals surface area (Å²) in [6.07, 6.45) is 3.56. The molecule has 2 amide bonds. The number of fused-ring (bicyclic) bond motifs is 3. The predicted octanol–water partition coefficient (Wildman–Crippen LogP) is 4.12. The van der Waals surface area contributed by atoms with Crippen LogP contribution in [-0.2, 0) is 6.54 Å². The second-order valence-corrected chi connectivity index (χ2v) is 8.36. The number of hydrogen-bond donors (Lipinski definition) is 2. The SMILES string of the molecule is O=C(Nc1ccccc1Cl)N1C[C@@H]2[C@H](c3ccccc31)[C@@H](CO)N2Cc1ccncc1. The lowest BCUT2D eigenvalue weighted by atomic mass is 9.72. The van der Waals surface area contributed by atoms with Gasteiger partial charge in [-0.1, -0.05) is 41.9 Å². The van der Waals surface area contributed by atoms with Gasteiger partial charge in [0.15, 0.2) is 0 Å². The molecule has 1 aromatic heterocycles. The number of carbonyl (C=O) groups is 1. The molecule has 1 saturated heterocycles. The molecule has 2 N–H and O–H groups in total. The number of para-hydroxylation sites is 2. The molecule has 3 atom stereocenters. The Morgan fingerprint density at radius 3 is 2.61 bits per heavy atom. The highest BCUT2D eigenvalue weighted by atomic mass is 35.5. The molecule has 2 aliphatic rings. The molecule has 3 heterocycles. The molecule has 0 unspecified atom stereocenters. The summed E-state index contributed by atoms with van der Waals surface area (Å²) in [5, 5.41) is 13.6. The van der Waals surface area contributed by atoms with Crippen LogP contribution in [0, 0.1) is 0 Å². The summed E-state index contributed by atoms with van der Waals surface area (Å²) in [7, 11) is 0. The molecule has 3 aromatic rings. The third-order valence-corrected chi connectivity index (χ3v) is 6.63. The Hall–Kier alpha value is -2.93. The number of hydrogen-bond acceptors (Lipinski definition) is 4. The minimum Gasteiger partial charge on any atom is -0.395 e. The van der Waals surface area contributed by atoms with Crippen molar-refractivity contribution in [3.63, 3.8) is 0 Å². The summed E-state index contributed by atoms with van der Waals surface area (Å²) in [6.45, 7) is 1.32. The predicted molar refractivity (Wildman–Crippen MR) is 121 cm³/mol. The molecule has 0 spiro atoms. The van der Waals surface area contributed by atoms with E-state index in [1.165, 1.54) is 0 Å². The van der Waals surface area contributed by atoms with E-state index in [1.807, 2.05) is 42.5 Å². The standard InChI is InChI=1S/C24H23ClN4O2/c25-18-6-2-3-7-19(18)27-24(31)29-14-21-23(17-5-1-4-8-20(17)29)22(15-30)28(21)13-16-9-11-26-12-10-16/h1-12,21-23,30H,13-15H2,(H,27,31)/t21-,22-,23+/m1/s1. The molecule has 0 radical (unpaired) electrons. The fraction of sp³-hybridized carbons (Fsp3) is 0.250. The number of aliphatic hydroxyl groups is 1. The van der Waals surface area contributed by atoms with Crippen LogP contribution in [0.1, 0.15) is 17.0 Å². The molecule has 6 nitrogen and oxygen atoms in total. The van der Waals surface area contributed by atoms with Crippen molar-refractivity contribution in [2.75, 3.05) is 23.4 Å². The summed E-state index contributed by atoms with van der Waals surface area (Å²) in [5.41, 5.74) is 3.70. The first-order valence-corrected chi connectivity index (χ1v) is 10.7. The van der Waals surface area contributed by atoms with E-state index >= 15 is 0 Å². The number of anilines is 2. The number of aromatic nitrogens is 1. The van der Waals surface area contributed by atoms with Crippen LogP contribution in [0.4, 0.5) is 16.2 Å². The van der Waals surface area contributed by atoms with Crippen molar-refractivity contribution in [1.82, 2.24) is 9.88 Å². The third kappa shape index (κ3) is 3.57. The molecule has 1 fully saturated rings. The molecule has 2 aromatic carbocycles. The maximum atomic E-state index is 13.3. The lowest BCUT2D eigenvalue weighted by molar-refractivity contribution is -0.0484. The second-order valence-electron chi connectivity index (χ2n) is 7.95. The Labute approximate surface area is 186 Å². The van der Waals surface area contributed by atoms with Gasteiger partial charge in [0, 0.05) is 49.2 Å². The smallest absolute Gasteiger partial charge is 0.326 e.